The van der Waals surface area contributed by atoms with Gasteiger partial charge in [0.15, 0.2) is 0 Å². The molecule has 2 unspecified atom stereocenters. The molecule has 10 heavy (non-hydrogen) atoms. The highest BCUT2D eigenvalue weighted by Gasteiger charge is 2.35. The molecule has 0 spiro atoms. The Morgan fingerprint density at radius 2 is 1.50 bits per heavy atom. The zero-order valence-electron chi connectivity index (χ0n) is 6.38. The van der Waals surface area contributed by atoms with Gasteiger partial charge in [-0.1, -0.05) is 6.92 Å². The summed E-state index contributed by atoms with van der Waals surface area (Å²) in [7, 11) is 0. The number of fused-ring (bicyclic) bond motifs is 1. The van der Waals surface area contributed by atoms with Gasteiger partial charge in [-0.25, -0.2) is 0 Å². The lowest BCUT2D eigenvalue weighted by Crippen LogP contribution is -2.33. The fourth-order valence-electron chi connectivity index (χ4n) is 1.94. The summed E-state index contributed by atoms with van der Waals surface area (Å²) in [6, 6.07) is 0. The molecule has 1 saturated heterocycles. The van der Waals surface area contributed by atoms with Gasteiger partial charge < -0.3 is 9.47 Å². The van der Waals surface area contributed by atoms with Gasteiger partial charge in [0, 0.05) is 0 Å². The van der Waals surface area contributed by atoms with Gasteiger partial charge in [-0.05, 0) is 18.8 Å². The molecule has 0 amide bonds. The second-order valence-electron chi connectivity index (χ2n) is 3.40. The zero-order valence-corrected chi connectivity index (χ0v) is 6.38. The van der Waals surface area contributed by atoms with Crippen LogP contribution in [0.1, 0.15) is 19.8 Å². The minimum Gasteiger partial charge on any atom is -0.373 e. The average molecular weight is 142 g/mol. The van der Waals surface area contributed by atoms with Gasteiger partial charge in [0.25, 0.3) is 0 Å². The van der Waals surface area contributed by atoms with Crippen molar-refractivity contribution in [2.45, 2.75) is 32.0 Å². The summed E-state index contributed by atoms with van der Waals surface area (Å²) >= 11 is 0. The van der Waals surface area contributed by atoms with E-state index in [1.165, 1.54) is 12.8 Å². The Hall–Kier alpha value is -0.0800. The summed E-state index contributed by atoms with van der Waals surface area (Å²) < 4.78 is 11.1. The Bertz CT molecular complexity index is 110. The van der Waals surface area contributed by atoms with E-state index in [1.54, 1.807) is 0 Å². The SMILES string of the molecule is CC1CC2OCCOC2C1. The Morgan fingerprint density at radius 1 is 1.00 bits per heavy atom. The molecule has 1 aliphatic carbocycles. The van der Waals surface area contributed by atoms with Crippen LogP contribution in [0.4, 0.5) is 0 Å². The predicted octanol–water partition coefficient (Wildman–Crippen LogP) is 1.20. The van der Waals surface area contributed by atoms with Crippen LogP contribution >= 0.6 is 0 Å². The van der Waals surface area contributed by atoms with E-state index in [9.17, 15) is 0 Å². The van der Waals surface area contributed by atoms with E-state index in [0.717, 1.165) is 19.1 Å². The maximum absolute atomic E-state index is 5.55. The van der Waals surface area contributed by atoms with Crippen molar-refractivity contribution in [1.82, 2.24) is 0 Å². The maximum Gasteiger partial charge on any atom is 0.0840 e. The van der Waals surface area contributed by atoms with Crippen molar-refractivity contribution >= 4 is 0 Å². The molecule has 2 rings (SSSR count). The third kappa shape index (κ3) is 1.06. The molecule has 1 saturated carbocycles. The zero-order chi connectivity index (χ0) is 6.97. The van der Waals surface area contributed by atoms with E-state index < -0.39 is 0 Å². The van der Waals surface area contributed by atoms with E-state index in [1.807, 2.05) is 0 Å². The van der Waals surface area contributed by atoms with Crippen molar-refractivity contribution in [2.75, 3.05) is 13.2 Å². The second kappa shape index (κ2) is 2.51. The van der Waals surface area contributed by atoms with Gasteiger partial charge in [-0.3, -0.25) is 0 Å². The van der Waals surface area contributed by atoms with Crippen LogP contribution in [0.3, 0.4) is 0 Å². The average Bonchev–Trinajstić information content (AvgIpc) is 2.27. The van der Waals surface area contributed by atoms with Crippen LogP contribution in [0.25, 0.3) is 0 Å². The standard InChI is InChI=1S/C8H14O2/c1-6-4-7-8(5-6)10-3-2-9-7/h6-8H,2-5H2,1H3. The normalized spacial score (nSPS) is 47.1. The first-order valence-electron chi connectivity index (χ1n) is 4.09. The maximum atomic E-state index is 5.55. The molecule has 2 heteroatoms. The smallest absolute Gasteiger partial charge is 0.0840 e. The van der Waals surface area contributed by atoms with Crippen molar-refractivity contribution in [3.8, 4) is 0 Å². The number of ether oxygens (including phenoxy) is 2. The second-order valence-corrected chi connectivity index (χ2v) is 3.40. The first kappa shape index (κ1) is 6.62. The topological polar surface area (TPSA) is 18.5 Å². The molecule has 0 aromatic rings. The Balaban J connectivity index is 1.97. The van der Waals surface area contributed by atoms with Crippen LogP contribution in [0.15, 0.2) is 0 Å². The molecule has 2 aliphatic rings. The summed E-state index contributed by atoms with van der Waals surface area (Å²) in [5.41, 5.74) is 0. The fourth-order valence-corrected chi connectivity index (χ4v) is 1.94. The molecule has 1 heterocycles. The third-order valence-corrected chi connectivity index (χ3v) is 2.43. The van der Waals surface area contributed by atoms with Crippen LogP contribution in [0.2, 0.25) is 0 Å². The molecule has 2 nitrogen and oxygen atoms in total. The highest BCUT2D eigenvalue weighted by atomic mass is 16.6. The highest BCUT2D eigenvalue weighted by molar-refractivity contribution is 4.84. The molecule has 58 valence electrons. The van der Waals surface area contributed by atoms with Gasteiger partial charge >= 0.3 is 0 Å². The summed E-state index contributed by atoms with van der Waals surface area (Å²) in [4.78, 5) is 0. The molecule has 0 aromatic carbocycles. The summed E-state index contributed by atoms with van der Waals surface area (Å²) in [5, 5.41) is 0. The molecule has 2 fully saturated rings. The minimum atomic E-state index is 0.420. The molecular formula is C8H14O2. The lowest BCUT2D eigenvalue weighted by Gasteiger charge is -2.25. The summed E-state index contributed by atoms with van der Waals surface area (Å²) in [5.74, 6) is 0.799. The van der Waals surface area contributed by atoms with Crippen molar-refractivity contribution in [3.63, 3.8) is 0 Å². The van der Waals surface area contributed by atoms with E-state index in [4.69, 9.17) is 9.47 Å². The Morgan fingerprint density at radius 3 is 2.00 bits per heavy atom. The summed E-state index contributed by atoms with van der Waals surface area (Å²) in [6.07, 6.45) is 3.24. The molecule has 0 N–H and O–H groups in total. The van der Waals surface area contributed by atoms with E-state index in [-0.39, 0.29) is 0 Å². The fraction of sp³-hybridized carbons (Fsp3) is 1.00. The largest absolute Gasteiger partial charge is 0.373 e. The van der Waals surface area contributed by atoms with E-state index in [0.29, 0.717) is 12.2 Å². The lowest BCUT2D eigenvalue weighted by atomic mass is 10.1. The molecule has 1 aliphatic heterocycles. The molecule has 2 atom stereocenters. The summed E-state index contributed by atoms with van der Waals surface area (Å²) in [6.45, 7) is 3.87. The van der Waals surface area contributed by atoms with E-state index in [2.05, 4.69) is 6.92 Å². The van der Waals surface area contributed by atoms with Gasteiger partial charge in [0.05, 0.1) is 25.4 Å². The first-order valence-corrected chi connectivity index (χ1v) is 4.09. The van der Waals surface area contributed by atoms with Crippen molar-refractivity contribution in [1.29, 1.82) is 0 Å². The highest BCUT2D eigenvalue weighted by Crippen LogP contribution is 2.31. The monoisotopic (exact) mass is 142 g/mol. The van der Waals surface area contributed by atoms with Crippen LogP contribution in [-0.4, -0.2) is 25.4 Å². The quantitative estimate of drug-likeness (QED) is 0.506. The molecule has 0 bridgehead atoms. The number of rotatable bonds is 0. The van der Waals surface area contributed by atoms with E-state index >= 15 is 0 Å². The molecule has 0 aromatic heterocycles. The minimum absolute atomic E-state index is 0.420. The van der Waals surface area contributed by atoms with Crippen LogP contribution in [-0.2, 0) is 9.47 Å². The number of hydrogen-bond donors (Lipinski definition) is 0. The van der Waals surface area contributed by atoms with Gasteiger partial charge in [-0.2, -0.15) is 0 Å². The van der Waals surface area contributed by atoms with Crippen LogP contribution in [0, 0.1) is 5.92 Å². The third-order valence-electron chi connectivity index (χ3n) is 2.43. The predicted molar refractivity (Wildman–Crippen MR) is 37.9 cm³/mol. The van der Waals surface area contributed by atoms with Gasteiger partial charge in [0.1, 0.15) is 0 Å². The van der Waals surface area contributed by atoms with Crippen LogP contribution < -0.4 is 0 Å². The Kier molecular flexibility index (Phi) is 1.66. The van der Waals surface area contributed by atoms with Crippen molar-refractivity contribution < 1.29 is 9.47 Å². The lowest BCUT2D eigenvalue weighted by molar-refractivity contribution is -0.124. The van der Waals surface area contributed by atoms with Gasteiger partial charge in [-0.15, -0.1) is 0 Å². The van der Waals surface area contributed by atoms with Crippen LogP contribution in [0.5, 0.6) is 0 Å². The molecular weight excluding hydrogens is 128 g/mol. The number of hydrogen-bond acceptors (Lipinski definition) is 2. The van der Waals surface area contributed by atoms with Crippen molar-refractivity contribution in [3.05, 3.63) is 0 Å². The Labute approximate surface area is 61.5 Å². The molecule has 0 radical (unpaired) electrons. The van der Waals surface area contributed by atoms with Crippen molar-refractivity contribution in [2.24, 2.45) is 5.92 Å². The van der Waals surface area contributed by atoms with Gasteiger partial charge in [0.2, 0.25) is 0 Å². The first-order chi connectivity index (χ1) is 4.86.